The van der Waals surface area contributed by atoms with Crippen molar-refractivity contribution in [1.82, 2.24) is 9.97 Å². The number of ether oxygens (including phenoxy) is 1. The van der Waals surface area contributed by atoms with Gasteiger partial charge in [0, 0.05) is 12.6 Å². The van der Waals surface area contributed by atoms with E-state index in [-0.39, 0.29) is 6.61 Å². The number of carbonyl (C=O) groups excluding carboxylic acids is 1. The number of nitriles is 1. The zero-order chi connectivity index (χ0) is 18.9. The van der Waals surface area contributed by atoms with Crippen molar-refractivity contribution in [2.75, 3.05) is 25.1 Å². The highest BCUT2D eigenvalue weighted by molar-refractivity contribution is 5.86. The summed E-state index contributed by atoms with van der Waals surface area (Å²) in [5, 5.41) is 16.8. The van der Waals surface area contributed by atoms with E-state index >= 15 is 0 Å². The molecule has 0 spiro atoms. The van der Waals surface area contributed by atoms with Gasteiger partial charge in [0.1, 0.15) is 35.6 Å². The average Bonchev–Trinajstić information content (AvgIpc) is 2.66. The molecule has 132 valence electrons. The summed E-state index contributed by atoms with van der Waals surface area (Å²) in [7, 11) is 1.85. The normalized spacial score (nSPS) is 10.3. The molecule has 0 aliphatic heterocycles. The van der Waals surface area contributed by atoms with Crippen molar-refractivity contribution in [2.24, 2.45) is 10.2 Å². The van der Waals surface area contributed by atoms with Crippen LogP contribution in [0.25, 0.3) is 0 Å². The molecule has 2 heterocycles. The molecule has 0 aromatic carbocycles. The molecule has 0 unspecified atom stereocenters. The summed E-state index contributed by atoms with van der Waals surface area (Å²) >= 11 is 0. The predicted octanol–water partition coefficient (Wildman–Crippen LogP) is 3.32. The standard InChI is InChI=1S/C18H18N6O2/c1-13(2)18(25)26-9-8-24(3)17-7-6-16(12-21-17)23-22-15-5-4-14(10-19)20-11-15/h4-7,11-12H,1,8-9H2,2-3H3. The summed E-state index contributed by atoms with van der Waals surface area (Å²) in [6, 6.07) is 8.75. The Balaban J connectivity index is 1.90. The number of anilines is 1. The van der Waals surface area contributed by atoms with Gasteiger partial charge in [-0.2, -0.15) is 5.26 Å². The molecule has 0 aliphatic rings. The van der Waals surface area contributed by atoms with E-state index in [9.17, 15) is 4.79 Å². The maximum absolute atomic E-state index is 11.3. The fourth-order valence-corrected chi connectivity index (χ4v) is 1.80. The lowest BCUT2D eigenvalue weighted by atomic mass is 10.3. The number of azo groups is 1. The molecule has 2 aromatic heterocycles. The van der Waals surface area contributed by atoms with Crippen LogP contribution < -0.4 is 4.90 Å². The van der Waals surface area contributed by atoms with Crippen LogP contribution in [-0.2, 0) is 9.53 Å². The second kappa shape index (κ2) is 9.03. The molecule has 8 heteroatoms. The Labute approximate surface area is 151 Å². The van der Waals surface area contributed by atoms with Crippen molar-refractivity contribution >= 4 is 23.2 Å². The summed E-state index contributed by atoms with van der Waals surface area (Å²) in [5.74, 6) is 0.315. The van der Waals surface area contributed by atoms with Crippen molar-refractivity contribution in [3.05, 3.63) is 54.5 Å². The minimum atomic E-state index is -0.403. The Hall–Kier alpha value is -3.60. The molecule has 0 amide bonds. The van der Waals surface area contributed by atoms with E-state index in [2.05, 4.69) is 26.8 Å². The first-order valence-corrected chi connectivity index (χ1v) is 7.77. The second-order valence-electron chi connectivity index (χ2n) is 5.43. The Morgan fingerprint density at radius 3 is 2.38 bits per heavy atom. The highest BCUT2D eigenvalue weighted by atomic mass is 16.5. The molecule has 0 radical (unpaired) electrons. The van der Waals surface area contributed by atoms with E-state index in [1.165, 1.54) is 6.20 Å². The fourth-order valence-electron chi connectivity index (χ4n) is 1.80. The molecule has 0 atom stereocenters. The summed E-state index contributed by atoms with van der Waals surface area (Å²) in [6.07, 6.45) is 3.07. The number of nitrogens with zero attached hydrogens (tertiary/aromatic N) is 6. The summed E-state index contributed by atoms with van der Waals surface area (Å²) < 4.78 is 5.06. The van der Waals surface area contributed by atoms with Gasteiger partial charge in [-0.05, 0) is 31.2 Å². The number of pyridine rings is 2. The first-order valence-electron chi connectivity index (χ1n) is 7.77. The maximum atomic E-state index is 11.3. The molecular weight excluding hydrogens is 332 g/mol. The Morgan fingerprint density at radius 2 is 1.88 bits per heavy atom. The van der Waals surface area contributed by atoms with Gasteiger partial charge in [-0.1, -0.05) is 6.58 Å². The lowest BCUT2D eigenvalue weighted by Gasteiger charge is -2.17. The molecule has 0 saturated heterocycles. The van der Waals surface area contributed by atoms with Gasteiger partial charge < -0.3 is 9.64 Å². The highest BCUT2D eigenvalue weighted by Crippen LogP contribution is 2.19. The third-order valence-electron chi connectivity index (χ3n) is 3.28. The summed E-state index contributed by atoms with van der Waals surface area (Å²) in [5.41, 5.74) is 1.83. The molecule has 0 bridgehead atoms. The van der Waals surface area contributed by atoms with Gasteiger partial charge in [0.05, 0.1) is 18.9 Å². The first kappa shape index (κ1) is 18.7. The number of rotatable bonds is 7. The molecule has 8 nitrogen and oxygen atoms in total. The number of esters is 1. The summed E-state index contributed by atoms with van der Waals surface area (Å²) in [4.78, 5) is 21.4. The van der Waals surface area contributed by atoms with Crippen LogP contribution in [0.4, 0.5) is 17.2 Å². The van der Waals surface area contributed by atoms with E-state index in [1.807, 2.05) is 18.0 Å². The van der Waals surface area contributed by atoms with Crippen molar-refractivity contribution in [1.29, 1.82) is 5.26 Å². The molecular formula is C18H18N6O2. The molecule has 0 N–H and O–H groups in total. The number of hydrogen-bond acceptors (Lipinski definition) is 8. The topological polar surface area (TPSA) is 104 Å². The number of likely N-dealkylation sites (N-methyl/N-ethyl adjacent to an activating group) is 1. The van der Waals surface area contributed by atoms with Crippen LogP contribution in [0, 0.1) is 11.3 Å². The maximum Gasteiger partial charge on any atom is 0.333 e. The molecule has 0 aliphatic carbocycles. The average molecular weight is 350 g/mol. The van der Waals surface area contributed by atoms with Crippen LogP contribution in [0.3, 0.4) is 0 Å². The lowest BCUT2D eigenvalue weighted by Crippen LogP contribution is -2.24. The predicted molar refractivity (Wildman–Crippen MR) is 96.4 cm³/mol. The van der Waals surface area contributed by atoms with Crippen LogP contribution in [0.2, 0.25) is 0 Å². The fraction of sp³-hybridized carbons (Fsp3) is 0.222. The quantitative estimate of drug-likeness (QED) is 0.431. The third-order valence-corrected chi connectivity index (χ3v) is 3.28. The number of hydrogen-bond donors (Lipinski definition) is 0. The third kappa shape index (κ3) is 5.49. The smallest absolute Gasteiger partial charge is 0.333 e. The second-order valence-corrected chi connectivity index (χ2v) is 5.43. The zero-order valence-electron chi connectivity index (χ0n) is 14.6. The molecule has 0 saturated carbocycles. The molecule has 0 fully saturated rings. The Kier molecular flexibility index (Phi) is 6.51. The van der Waals surface area contributed by atoms with Crippen molar-refractivity contribution in [2.45, 2.75) is 6.92 Å². The lowest BCUT2D eigenvalue weighted by molar-refractivity contribution is -0.138. The van der Waals surface area contributed by atoms with E-state index in [0.29, 0.717) is 29.2 Å². The highest BCUT2D eigenvalue weighted by Gasteiger charge is 2.06. The van der Waals surface area contributed by atoms with Gasteiger partial charge in [0.15, 0.2) is 0 Å². The van der Waals surface area contributed by atoms with Crippen LogP contribution in [0.1, 0.15) is 12.6 Å². The monoisotopic (exact) mass is 350 g/mol. The van der Waals surface area contributed by atoms with E-state index in [0.717, 1.165) is 5.82 Å². The van der Waals surface area contributed by atoms with Gasteiger partial charge in [-0.25, -0.2) is 14.8 Å². The molecule has 2 rings (SSSR count). The van der Waals surface area contributed by atoms with Crippen molar-refractivity contribution < 1.29 is 9.53 Å². The van der Waals surface area contributed by atoms with Gasteiger partial charge >= 0.3 is 5.97 Å². The van der Waals surface area contributed by atoms with Crippen LogP contribution in [0.15, 0.2) is 59.0 Å². The van der Waals surface area contributed by atoms with Gasteiger partial charge in [0.25, 0.3) is 0 Å². The van der Waals surface area contributed by atoms with Crippen molar-refractivity contribution in [3.8, 4) is 6.07 Å². The van der Waals surface area contributed by atoms with E-state index < -0.39 is 5.97 Å². The minimum absolute atomic E-state index is 0.247. The van der Waals surface area contributed by atoms with Gasteiger partial charge in [-0.3, -0.25) is 0 Å². The minimum Gasteiger partial charge on any atom is -0.460 e. The summed E-state index contributed by atoms with van der Waals surface area (Å²) in [6.45, 7) is 5.89. The number of aromatic nitrogens is 2. The molecule has 2 aromatic rings. The first-order chi connectivity index (χ1) is 12.5. The van der Waals surface area contributed by atoms with E-state index in [4.69, 9.17) is 10.00 Å². The van der Waals surface area contributed by atoms with Crippen LogP contribution in [-0.4, -0.2) is 36.1 Å². The van der Waals surface area contributed by atoms with Crippen LogP contribution in [0.5, 0.6) is 0 Å². The Morgan fingerprint density at radius 1 is 1.23 bits per heavy atom. The van der Waals surface area contributed by atoms with Gasteiger partial charge in [0.2, 0.25) is 0 Å². The number of carbonyl (C=O) groups is 1. The van der Waals surface area contributed by atoms with Crippen LogP contribution >= 0.6 is 0 Å². The zero-order valence-corrected chi connectivity index (χ0v) is 14.6. The van der Waals surface area contributed by atoms with E-state index in [1.54, 1.807) is 37.4 Å². The SMILES string of the molecule is C=C(C)C(=O)OCCN(C)c1ccc(N=Nc2ccc(C#N)nc2)cn1. The largest absolute Gasteiger partial charge is 0.460 e. The van der Waals surface area contributed by atoms with Gasteiger partial charge in [-0.15, -0.1) is 10.2 Å². The van der Waals surface area contributed by atoms with Crippen molar-refractivity contribution in [3.63, 3.8) is 0 Å². The Bertz CT molecular complexity index is 837. The molecule has 26 heavy (non-hydrogen) atoms.